The SMILES string of the molecule is CC(C(=O)Nc1cccc(N)c1)N1CCS(=O)CC1. The van der Waals surface area contributed by atoms with E-state index in [4.69, 9.17) is 5.73 Å². The van der Waals surface area contributed by atoms with E-state index in [1.54, 1.807) is 18.2 Å². The molecule has 5 nitrogen and oxygen atoms in total. The third-order valence-corrected chi connectivity index (χ3v) is 4.57. The number of anilines is 2. The summed E-state index contributed by atoms with van der Waals surface area (Å²) in [7, 11) is -0.722. The summed E-state index contributed by atoms with van der Waals surface area (Å²) in [5, 5.41) is 2.85. The highest BCUT2D eigenvalue weighted by atomic mass is 32.2. The Morgan fingerprint density at radius 1 is 1.42 bits per heavy atom. The number of rotatable bonds is 3. The molecule has 0 saturated carbocycles. The normalized spacial score (nSPS) is 19.0. The number of amides is 1. The topological polar surface area (TPSA) is 75.4 Å². The minimum Gasteiger partial charge on any atom is -0.399 e. The molecular formula is C13H19N3O2S. The fourth-order valence-corrected chi connectivity index (χ4v) is 3.15. The van der Waals surface area contributed by atoms with Crippen molar-refractivity contribution in [1.29, 1.82) is 0 Å². The van der Waals surface area contributed by atoms with Gasteiger partial charge in [0, 0.05) is 46.8 Å². The van der Waals surface area contributed by atoms with Crippen molar-refractivity contribution >= 4 is 28.1 Å². The van der Waals surface area contributed by atoms with E-state index in [1.165, 1.54) is 0 Å². The summed E-state index contributed by atoms with van der Waals surface area (Å²) < 4.78 is 11.3. The van der Waals surface area contributed by atoms with Crippen molar-refractivity contribution in [2.75, 3.05) is 35.6 Å². The highest BCUT2D eigenvalue weighted by Crippen LogP contribution is 2.13. The van der Waals surface area contributed by atoms with Crippen LogP contribution in [0, 0.1) is 0 Å². The second kappa shape index (κ2) is 6.16. The van der Waals surface area contributed by atoms with Gasteiger partial charge in [0.1, 0.15) is 0 Å². The van der Waals surface area contributed by atoms with Crippen LogP contribution in [0.2, 0.25) is 0 Å². The second-order valence-electron chi connectivity index (χ2n) is 4.67. The zero-order valence-corrected chi connectivity index (χ0v) is 11.8. The zero-order chi connectivity index (χ0) is 13.8. The molecule has 1 aliphatic rings. The Hall–Kier alpha value is -1.40. The first-order valence-electron chi connectivity index (χ1n) is 6.31. The molecule has 19 heavy (non-hydrogen) atoms. The molecule has 0 bridgehead atoms. The molecule has 2 rings (SSSR count). The lowest BCUT2D eigenvalue weighted by Crippen LogP contribution is -2.48. The van der Waals surface area contributed by atoms with Gasteiger partial charge in [-0.05, 0) is 25.1 Å². The first-order chi connectivity index (χ1) is 9.06. The van der Waals surface area contributed by atoms with Gasteiger partial charge < -0.3 is 11.1 Å². The van der Waals surface area contributed by atoms with Crippen molar-refractivity contribution in [3.8, 4) is 0 Å². The Bertz CT molecular complexity index is 483. The Morgan fingerprint density at radius 2 is 2.11 bits per heavy atom. The van der Waals surface area contributed by atoms with Gasteiger partial charge >= 0.3 is 0 Å². The number of hydrogen-bond acceptors (Lipinski definition) is 4. The molecule has 1 aromatic carbocycles. The molecule has 1 atom stereocenters. The average molecular weight is 281 g/mol. The van der Waals surface area contributed by atoms with Gasteiger partial charge in [-0.2, -0.15) is 0 Å². The minimum atomic E-state index is -0.722. The van der Waals surface area contributed by atoms with Crippen LogP contribution in [-0.4, -0.2) is 45.7 Å². The van der Waals surface area contributed by atoms with Gasteiger partial charge in [-0.1, -0.05) is 6.07 Å². The highest BCUT2D eigenvalue weighted by Gasteiger charge is 2.24. The van der Waals surface area contributed by atoms with Crippen LogP contribution in [0.4, 0.5) is 11.4 Å². The number of nitrogens with two attached hydrogens (primary N) is 1. The maximum atomic E-state index is 12.1. The molecule has 1 fully saturated rings. The molecular weight excluding hydrogens is 262 g/mol. The smallest absolute Gasteiger partial charge is 0.241 e. The van der Waals surface area contributed by atoms with Gasteiger partial charge in [-0.15, -0.1) is 0 Å². The highest BCUT2D eigenvalue weighted by molar-refractivity contribution is 7.85. The summed E-state index contributed by atoms with van der Waals surface area (Å²) >= 11 is 0. The maximum absolute atomic E-state index is 12.1. The summed E-state index contributed by atoms with van der Waals surface area (Å²) in [5.41, 5.74) is 7.00. The van der Waals surface area contributed by atoms with Crippen molar-refractivity contribution in [2.45, 2.75) is 13.0 Å². The van der Waals surface area contributed by atoms with E-state index in [-0.39, 0.29) is 11.9 Å². The monoisotopic (exact) mass is 281 g/mol. The number of benzene rings is 1. The fraction of sp³-hybridized carbons (Fsp3) is 0.462. The summed E-state index contributed by atoms with van der Waals surface area (Å²) in [5.74, 6) is 1.24. The number of nitrogens with one attached hydrogen (secondary N) is 1. The van der Waals surface area contributed by atoms with E-state index in [2.05, 4.69) is 10.2 Å². The zero-order valence-electron chi connectivity index (χ0n) is 11.0. The Balaban J connectivity index is 1.94. The van der Waals surface area contributed by atoms with E-state index in [1.807, 2.05) is 13.0 Å². The number of carbonyl (C=O) groups excluding carboxylic acids is 1. The second-order valence-corrected chi connectivity index (χ2v) is 6.37. The van der Waals surface area contributed by atoms with Crippen LogP contribution in [0.25, 0.3) is 0 Å². The predicted octanol–water partition coefficient (Wildman–Crippen LogP) is 0.660. The van der Waals surface area contributed by atoms with Crippen LogP contribution in [-0.2, 0) is 15.6 Å². The standard InChI is InChI=1S/C13H19N3O2S/c1-10(16-5-7-19(18)8-6-16)13(17)15-12-4-2-3-11(14)9-12/h2-4,9-10H,5-8,14H2,1H3,(H,15,17). The quantitative estimate of drug-likeness (QED) is 0.798. The summed E-state index contributed by atoms with van der Waals surface area (Å²) in [6, 6.07) is 6.90. The molecule has 1 aliphatic heterocycles. The average Bonchev–Trinajstić information content (AvgIpc) is 2.39. The van der Waals surface area contributed by atoms with E-state index >= 15 is 0 Å². The Labute approximate surface area is 115 Å². The minimum absolute atomic E-state index is 0.0571. The lowest BCUT2D eigenvalue weighted by atomic mass is 10.2. The lowest BCUT2D eigenvalue weighted by Gasteiger charge is -2.31. The molecule has 0 spiro atoms. The number of nitrogens with zero attached hydrogens (tertiary/aromatic N) is 1. The van der Waals surface area contributed by atoms with Crippen LogP contribution in [0.3, 0.4) is 0 Å². The number of nitrogen functional groups attached to an aromatic ring is 1. The van der Waals surface area contributed by atoms with Gasteiger partial charge in [0.05, 0.1) is 6.04 Å². The van der Waals surface area contributed by atoms with Crippen molar-refractivity contribution in [3.63, 3.8) is 0 Å². The molecule has 6 heteroatoms. The molecule has 1 aromatic rings. The van der Waals surface area contributed by atoms with Crippen LogP contribution in [0.15, 0.2) is 24.3 Å². The van der Waals surface area contributed by atoms with Gasteiger partial charge in [0.15, 0.2) is 0 Å². The van der Waals surface area contributed by atoms with Gasteiger partial charge in [-0.25, -0.2) is 0 Å². The third-order valence-electron chi connectivity index (χ3n) is 3.29. The van der Waals surface area contributed by atoms with Crippen LogP contribution in [0.1, 0.15) is 6.92 Å². The van der Waals surface area contributed by atoms with Crippen LogP contribution >= 0.6 is 0 Å². The molecule has 0 aromatic heterocycles. The molecule has 0 radical (unpaired) electrons. The molecule has 1 saturated heterocycles. The Morgan fingerprint density at radius 3 is 2.74 bits per heavy atom. The maximum Gasteiger partial charge on any atom is 0.241 e. The van der Waals surface area contributed by atoms with Gasteiger partial charge in [0.2, 0.25) is 5.91 Å². The Kier molecular flexibility index (Phi) is 4.55. The summed E-state index contributed by atoms with van der Waals surface area (Å²) in [6.07, 6.45) is 0. The third kappa shape index (κ3) is 3.78. The largest absolute Gasteiger partial charge is 0.399 e. The van der Waals surface area contributed by atoms with Crippen LogP contribution in [0.5, 0.6) is 0 Å². The first-order valence-corrected chi connectivity index (χ1v) is 7.80. The number of carbonyl (C=O) groups is 1. The van der Waals surface area contributed by atoms with E-state index in [0.717, 1.165) is 0 Å². The van der Waals surface area contributed by atoms with Gasteiger partial charge in [0.25, 0.3) is 0 Å². The van der Waals surface area contributed by atoms with Crippen molar-refractivity contribution in [2.24, 2.45) is 0 Å². The number of hydrogen-bond donors (Lipinski definition) is 2. The summed E-state index contributed by atoms with van der Waals surface area (Å²) in [6.45, 7) is 3.28. The molecule has 1 heterocycles. The molecule has 0 aliphatic carbocycles. The van der Waals surface area contributed by atoms with Crippen LogP contribution < -0.4 is 11.1 Å². The van der Waals surface area contributed by atoms with Crippen molar-refractivity contribution in [1.82, 2.24) is 4.90 Å². The molecule has 1 amide bonds. The predicted molar refractivity (Wildman–Crippen MR) is 78.4 cm³/mol. The first kappa shape index (κ1) is 14.0. The van der Waals surface area contributed by atoms with E-state index < -0.39 is 10.8 Å². The van der Waals surface area contributed by atoms with Crippen molar-refractivity contribution in [3.05, 3.63) is 24.3 Å². The summed E-state index contributed by atoms with van der Waals surface area (Å²) in [4.78, 5) is 14.2. The lowest BCUT2D eigenvalue weighted by molar-refractivity contribution is -0.120. The van der Waals surface area contributed by atoms with E-state index in [0.29, 0.717) is 36.0 Å². The molecule has 3 N–H and O–H groups in total. The van der Waals surface area contributed by atoms with Crippen molar-refractivity contribution < 1.29 is 9.00 Å². The fourth-order valence-electron chi connectivity index (χ4n) is 2.07. The molecule has 104 valence electrons. The van der Waals surface area contributed by atoms with Gasteiger partial charge in [-0.3, -0.25) is 13.9 Å². The van der Waals surface area contributed by atoms with E-state index in [9.17, 15) is 9.00 Å². The molecule has 1 unspecified atom stereocenters.